The number of aliphatic hydroxyl groups excluding tert-OH is 1. The lowest BCUT2D eigenvalue weighted by Crippen LogP contribution is -2.40. The summed E-state index contributed by atoms with van der Waals surface area (Å²) in [7, 11) is 0. The number of nitrogens with zero attached hydrogens (tertiary/aromatic N) is 3. The highest BCUT2D eigenvalue weighted by Gasteiger charge is 2.17. The number of piperidine rings is 1. The molecule has 1 N–H and O–H groups in total. The van der Waals surface area contributed by atoms with Crippen LogP contribution in [0.4, 0.5) is 5.69 Å². The van der Waals surface area contributed by atoms with Gasteiger partial charge in [-0.15, -0.1) is 0 Å². The fraction of sp³-hybridized carbons (Fsp3) is 0.583. The summed E-state index contributed by atoms with van der Waals surface area (Å²) in [5.74, 6) is 0. The Morgan fingerprint density at radius 3 is 2.89 bits per heavy atom. The highest BCUT2D eigenvalue weighted by atomic mass is 16.6. The van der Waals surface area contributed by atoms with Crippen LogP contribution in [0.25, 0.3) is 0 Å². The van der Waals surface area contributed by atoms with Crippen LogP contribution in [0, 0.1) is 10.1 Å². The molecule has 104 valence electrons. The van der Waals surface area contributed by atoms with E-state index in [9.17, 15) is 20.0 Å². The Hall–Kier alpha value is -1.73. The van der Waals surface area contributed by atoms with Crippen molar-refractivity contribution in [2.45, 2.75) is 25.5 Å². The Bertz CT molecular complexity index is 514. The first-order chi connectivity index (χ1) is 9.06. The van der Waals surface area contributed by atoms with Gasteiger partial charge in [0.15, 0.2) is 0 Å². The summed E-state index contributed by atoms with van der Waals surface area (Å²) >= 11 is 0. The van der Waals surface area contributed by atoms with E-state index in [0.29, 0.717) is 19.6 Å². The van der Waals surface area contributed by atoms with E-state index in [4.69, 9.17) is 0 Å². The monoisotopic (exact) mass is 267 g/mol. The van der Waals surface area contributed by atoms with Gasteiger partial charge in [-0.3, -0.25) is 19.8 Å². The number of aromatic nitrogens is 1. The zero-order chi connectivity index (χ0) is 13.8. The van der Waals surface area contributed by atoms with Crippen molar-refractivity contribution < 1.29 is 10.0 Å². The molecule has 0 aromatic carbocycles. The third kappa shape index (κ3) is 3.62. The van der Waals surface area contributed by atoms with Gasteiger partial charge in [0.25, 0.3) is 11.2 Å². The lowest BCUT2D eigenvalue weighted by molar-refractivity contribution is -0.385. The molecule has 2 heterocycles. The van der Waals surface area contributed by atoms with Crippen molar-refractivity contribution >= 4 is 5.69 Å². The van der Waals surface area contributed by atoms with E-state index < -0.39 is 4.92 Å². The SMILES string of the molecule is O=c1ccc([N+](=O)[O-])cn1CCN1CCCC(O)C1. The fourth-order valence-corrected chi connectivity index (χ4v) is 2.28. The first-order valence-electron chi connectivity index (χ1n) is 6.31. The molecule has 0 radical (unpaired) electrons. The zero-order valence-electron chi connectivity index (χ0n) is 10.6. The van der Waals surface area contributed by atoms with E-state index in [1.165, 1.54) is 22.9 Å². The number of likely N-dealkylation sites (tertiary alicyclic amines) is 1. The molecule has 1 aliphatic heterocycles. The number of nitro groups is 1. The third-order valence-electron chi connectivity index (χ3n) is 3.32. The molecule has 1 fully saturated rings. The van der Waals surface area contributed by atoms with Crippen molar-refractivity contribution in [2.24, 2.45) is 0 Å². The summed E-state index contributed by atoms with van der Waals surface area (Å²) in [4.78, 5) is 23.8. The van der Waals surface area contributed by atoms with Crippen molar-refractivity contribution in [1.29, 1.82) is 0 Å². The Labute approximate surface area is 110 Å². The van der Waals surface area contributed by atoms with Crippen molar-refractivity contribution in [3.05, 3.63) is 38.8 Å². The fourth-order valence-electron chi connectivity index (χ4n) is 2.28. The van der Waals surface area contributed by atoms with Crippen LogP contribution in [-0.4, -0.2) is 45.2 Å². The van der Waals surface area contributed by atoms with Gasteiger partial charge >= 0.3 is 0 Å². The van der Waals surface area contributed by atoms with Crippen LogP contribution in [0.3, 0.4) is 0 Å². The molecule has 19 heavy (non-hydrogen) atoms. The zero-order valence-corrected chi connectivity index (χ0v) is 10.6. The maximum atomic E-state index is 11.6. The largest absolute Gasteiger partial charge is 0.392 e. The first kappa shape index (κ1) is 13.7. The van der Waals surface area contributed by atoms with Crippen molar-refractivity contribution in [3.8, 4) is 0 Å². The van der Waals surface area contributed by atoms with E-state index in [0.717, 1.165) is 19.4 Å². The van der Waals surface area contributed by atoms with Gasteiger partial charge in [-0.05, 0) is 19.4 Å². The van der Waals surface area contributed by atoms with Gasteiger partial charge in [-0.1, -0.05) is 0 Å². The van der Waals surface area contributed by atoms with Gasteiger partial charge in [-0.25, -0.2) is 0 Å². The Morgan fingerprint density at radius 2 is 2.21 bits per heavy atom. The molecule has 1 saturated heterocycles. The molecule has 0 bridgehead atoms. The van der Waals surface area contributed by atoms with Crippen LogP contribution in [0.1, 0.15) is 12.8 Å². The van der Waals surface area contributed by atoms with Gasteiger partial charge in [0, 0.05) is 31.8 Å². The number of hydrogen-bond donors (Lipinski definition) is 1. The number of β-amino-alcohol motifs (C(OH)–C–C–N with tert-alkyl or cyclic N) is 1. The molecule has 0 aliphatic carbocycles. The predicted octanol–water partition coefficient (Wildman–Crippen LogP) is 0.213. The van der Waals surface area contributed by atoms with Crippen LogP contribution < -0.4 is 5.56 Å². The highest BCUT2D eigenvalue weighted by molar-refractivity contribution is 5.24. The van der Waals surface area contributed by atoms with Crippen molar-refractivity contribution in [1.82, 2.24) is 9.47 Å². The molecular formula is C12H17N3O4. The minimum Gasteiger partial charge on any atom is -0.392 e. The van der Waals surface area contributed by atoms with Crippen molar-refractivity contribution in [3.63, 3.8) is 0 Å². The van der Waals surface area contributed by atoms with E-state index >= 15 is 0 Å². The number of pyridine rings is 1. The van der Waals surface area contributed by atoms with Crippen LogP contribution >= 0.6 is 0 Å². The van der Waals surface area contributed by atoms with Gasteiger partial charge in [0.05, 0.1) is 17.2 Å². The molecule has 0 saturated carbocycles. The Balaban J connectivity index is 2.00. The topological polar surface area (TPSA) is 88.6 Å². The summed E-state index contributed by atoms with van der Waals surface area (Å²) in [6.07, 6.45) is 2.71. The molecule has 1 unspecified atom stereocenters. The lowest BCUT2D eigenvalue weighted by Gasteiger charge is -2.29. The summed E-state index contributed by atoms with van der Waals surface area (Å²) in [5, 5.41) is 20.2. The molecule has 1 aliphatic rings. The lowest BCUT2D eigenvalue weighted by atomic mass is 10.1. The third-order valence-corrected chi connectivity index (χ3v) is 3.32. The minimum atomic E-state index is -0.513. The van der Waals surface area contributed by atoms with Gasteiger partial charge in [0.2, 0.25) is 0 Å². The van der Waals surface area contributed by atoms with Gasteiger partial charge < -0.3 is 9.67 Å². The predicted molar refractivity (Wildman–Crippen MR) is 69.0 cm³/mol. The molecular weight excluding hydrogens is 250 g/mol. The second kappa shape index (κ2) is 5.94. The first-order valence-corrected chi connectivity index (χ1v) is 6.31. The normalized spacial score (nSPS) is 20.4. The summed E-state index contributed by atoms with van der Waals surface area (Å²) in [5.41, 5.74) is -0.332. The Morgan fingerprint density at radius 1 is 1.42 bits per heavy atom. The number of aliphatic hydroxyl groups is 1. The number of hydrogen-bond acceptors (Lipinski definition) is 5. The average molecular weight is 267 g/mol. The van der Waals surface area contributed by atoms with Crippen LogP contribution in [0.5, 0.6) is 0 Å². The maximum Gasteiger partial charge on any atom is 0.285 e. The molecule has 0 spiro atoms. The van der Waals surface area contributed by atoms with E-state index in [-0.39, 0.29) is 17.4 Å². The smallest absolute Gasteiger partial charge is 0.285 e. The molecule has 7 nitrogen and oxygen atoms in total. The molecule has 0 amide bonds. The highest BCUT2D eigenvalue weighted by Crippen LogP contribution is 2.10. The summed E-state index contributed by atoms with van der Waals surface area (Å²) in [6.45, 7) is 2.50. The molecule has 2 rings (SSSR count). The number of rotatable bonds is 4. The standard InChI is InChI=1S/C12H17N3O4/c16-11-2-1-5-13(9-11)6-7-14-8-10(15(18)19)3-4-12(14)17/h3-4,8,11,16H,1-2,5-7,9H2. The quantitative estimate of drug-likeness (QED) is 0.622. The van der Waals surface area contributed by atoms with E-state index in [2.05, 4.69) is 4.90 Å². The molecule has 1 aromatic rings. The van der Waals surface area contributed by atoms with E-state index in [1.54, 1.807) is 0 Å². The second-order valence-corrected chi connectivity index (χ2v) is 4.77. The van der Waals surface area contributed by atoms with Crippen molar-refractivity contribution in [2.75, 3.05) is 19.6 Å². The van der Waals surface area contributed by atoms with Crippen LogP contribution in [-0.2, 0) is 6.54 Å². The van der Waals surface area contributed by atoms with Crippen LogP contribution in [0.2, 0.25) is 0 Å². The molecule has 7 heteroatoms. The summed E-state index contributed by atoms with van der Waals surface area (Å²) < 4.78 is 1.35. The van der Waals surface area contributed by atoms with Gasteiger partial charge in [-0.2, -0.15) is 0 Å². The van der Waals surface area contributed by atoms with Crippen LogP contribution in [0.15, 0.2) is 23.1 Å². The second-order valence-electron chi connectivity index (χ2n) is 4.77. The Kier molecular flexibility index (Phi) is 4.28. The minimum absolute atomic E-state index is 0.0849. The van der Waals surface area contributed by atoms with E-state index in [1.807, 2.05) is 0 Å². The van der Waals surface area contributed by atoms with Gasteiger partial charge in [0.1, 0.15) is 0 Å². The summed E-state index contributed by atoms with van der Waals surface area (Å²) in [6, 6.07) is 2.42. The maximum absolute atomic E-state index is 11.6. The average Bonchev–Trinajstić information content (AvgIpc) is 2.37. The molecule has 1 atom stereocenters. The molecule has 1 aromatic heterocycles.